The van der Waals surface area contributed by atoms with Crippen molar-refractivity contribution in [1.82, 2.24) is 4.90 Å². The van der Waals surface area contributed by atoms with Gasteiger partial charge in [0.2, 0.25) is 0 Å². The number of nitrogens with two attached hydrogens (primary N) is 1. The standard InChI is InChI=1S/C29H58N2O4/c1-2-3-4-5-6-13-20-27-35-29(34)22-15-10-8-12-18-25-31(26-19-16-23-30)24-17-11-7-9-14-21-28(32)33/h2-27,30H2,1H3,(H,32,33). The summed E-state index contributed by atoms with van der Waals surface area (Å²) in [7, 11) is 0. The Labute approximate surface area is 216 Å². The summed E-state index contributed by atoms with van der Waals surface area (Å²) in [4.78, 5) is 25.0. The summed E-state index contributed by atoms with van der Waals surface area (Å²) >= 11 is 0. The number of carboxylic acid groups (broad SMARTS) is 1. The molecular formula is C29H58N2O4. The van der Waals surface area contributed by atoms with Gasteiger partial charge in [-0.25, -0.2) is 0 Å². The molecule has 6 heteroatoms. The third-order valence-corrected chi connectivity index (χ3v) is 6.66. The lowest BCUT2D eigenvalue weighted by Gasteiger charge is -2.22. The smallest absolute Gasteiger partial charge is 0.305 e. The SMILES string of the molecule is CCCCCCCCCOC(=O)CCCCCCCN(CCCCN)CCCCCCCC(=O)O. The molecule has 0 aliphatic rings. The number of ether oxygens (including phenoxy) is 1. The van der Waals surface area contributed by atoms with Gasteiger partial charge in [-0.05, 0) is 71.1 Å². The predicted octanol–water partition coefficient (Wildman–Crippen LogP) is 7.09. The molecule has 0 fully saturated rings. The number of aliphatic carboxylic acids is 1. The molecule has 0 aromatic rings. The molecule has 0 spiro atoms. The quantitative estimate of drug-likeness (QED) is 0.0883. The fraction of sp³-hybridized carbons (Fsp3) is 0.931. The van der Waals surface area contributed by atoms with Crippen LogP contribution >= 0.6 is 0 Å². The second-order valence-corrected chi connectivity index (χ2v) is 10.1. The van der Waals surface area contributed by atoms with Crippen molar-refractivity contribution in [2.45, 2.75) is 142 Å². The Morgan fingerprint density at radius 1 is 0.629 bits per heavy atom. The fourth-order valence-electron chi connectivity index (χ4n) is 4.41. The van der Waals surface area contributed by atoms with Gasteiger partial charge in [0.25, 0.3) is 0 Å². The van der Waals surface area contributed by atoms with E-state index in [4.69, 9.17) is 15.6 Å². The van der Waals surface area contributed by atoms with Crippen molar-refractivity contribution < 1.29 is 19.4 Å². The van der Waals surface area contributed by atoms with Crippen LogP contribution in [-0.2, 0) is 14.3 Å². The number of carboxylic acids is 1. The molecule has 0 atom stereocenters. The normalized spacial score (nSPS) is 11.3. The summed E-state index contributed by atoms with van der Waals surface area (Å²) in [5, 5.41) is 8.70. The Kier molecular flexibility index (Phi) is 26.6. The van der Waals surface area contributed by atoms with E-state index in [9.17, 15) is 9.59 Å². The first kappa shape index (κ1) is 33.9. The molecular weight excluding hydrogens is 440 g/mol. The minimum absolute atomic E-state index is 0.0231. The monoisotopic (exact) mass is 498 g/mol. The first-order valence-corrected chi connectivity index (χ1v) is 14.9. The first-order valence-electron chi connectivity index (χ1n) is 14.9. The van der Waals surface area contributed by atoms with Crippen LogP contribution in [0.4, 0.5) is 0 Å². The number of esters is 1. The van der Waals surface area contributed by atoms with Crippen molar-refractivity contribution in [1.29, 1.82) is 0 Å². The third kappa shape index (κ3) is 27.3. The van der Waals surface area contributed by atoms with E-state index in [1.807, 2.05) is 0 Å². The highest BCUT2D eigenvalue weighted by Crippen LogP contribution is 2.11. The van der Waals surface area contributed by atoms with Crippen molar-refractivity contribution in [3.8, 4) is 0 Å². The molecule has 3 N–H and O–H groups in total. The van der Waals surface area contributed by atoms with Gasteiger partial charge < -0.3 is 20.5 Å². The number of unbranched alkanes of at least 4 members (excludes halogenated alkanes) is 15. The van der Waals surface area contributed by atoms with E-state index >= 15 is 0 Å². The zero-order valence-electron chi connectivity index (χ0n) is 23.1. The van der Waals surface area contributed by atoms with Crippen molar-refractivity contribution in [2.24, 2.45) is 5.73 Å². The van der Waals surface area contributed by atoms with Crippen molar-refractivity contribution in [2.75, 3.05) is 32.8 Å². The van der Waals surface area contributed by atoms with E-state index in [-0.39, 0.29) is 5.97 Å². The molecule has 0 radical (unpaired) electrons. The molecule has 0 aliphatic heterocycles. The molecule has 0 aromatic heterocycles. The van der Waals surface area contributed by atoms with Gasteiger partial charge in [-0.3, -0.25) is 9.59 Å². The van der Waals surface area contributed by atoms with Gasteiger partial charge in [0.1, 0.15) is 0 Å². The van der Waals surface area contributed by atoms with Crippen LogP contribution in [0.25, 0.3) is 0 Å². The Balaban J connectivity index is 3.67. The van der Waals surface area contributed by atoms with Crippen LogP contribution in [0.3, 0.4) is 0 Å². The zero-order chi connectivity index (χ0) is 25.8. The van der Waals surface area contributed by atoms with Crippen LogP contribution in [0.1, 0.15) is 142 Å². The van der Waals surface area contributed by atoms with Crippen LogP contribution in [0.15, 0.2) is 0 Å². The average Bonchev–Trinajstić information content (AvgIpc) is 2.83. The minimum Gasteiger partial charge on any atom is -0.481 e. The molecule has 0 amide bonds. The lowest BCUT2D eigenvalue weighted by molar-refractivity contribution is -0.144. The Bertz CT molecular complexity index is 474. The highest BCUT2D eigenvalue weighted by atomic mass is 16.5. The summed E-state index contributed by atoms with van der Waals surface area (Å²) in [5.41, 5.74) is 5.66. The van der Waals surface area contributed by atoms with Gasteiger partial charge in [-0.15, -0.1) is 0 Å². The molecule has 0 heterocycles. The third-order valence-electron chi connectivity index (χ3n) is 6.66. The average molecular weight is 499 g/mol. The molecule has 0 saturated heterocycles. The van der Waals surface area contributed by atoms with Gasteiger partial charge in [0.15, 0.2) is 0 Å². The van der Waals surface area contributed by atoms with Gasteiger partial charge in [0, 0.05) is 12.8 Å². The number of nitrogens with zero attached hydrogens (tertiary/aromatic N) is 1. The topological polar surface area (TPSA) is 92.9 Å². The molecule has 0 unspecified atom stereocenters. The Morgan fingerprint density at radius 2 is 1.09 bits per heavy atom. The largest absolute Gasteiger partial charge is 0.481 e. The first-order chi connectivity index (χ1) is 17.1. The van der Waals surface area contributed by atoms with E-state index in [2.05, 4.69) is 11.8 Å². The molecule has 35 heavy (non-hydrogen) atoms. The minimum atomic E-state index is -0.685. The van der Waals surface area contributed by atoms with Crippen molar-refractivity contribution >= 4 is 11.9 Å². The van der Waals surface area contributed by atoms with E-state index in [0.29, 0.717) is 19.4 Å². The number of hydrogen-bond donors (Lipinski definition) is 2. The molecule has 0 bridgehead atoms. The maximum Gasteiger partial charge on any atom is 0.305 e. The fourth-order valence-corrected chi connectivity index (χ4v) is 4.41. The maximum absolute atomic E-state index is 11.9. The summed E-state index contributed by atoms with van der Waals surface area (Å²) in [6.07, 6.45) is 22.8. The highest BCUT2D eigenvalue weighted by Gasteiger charge is 2.06. The number of carbonyl (C=O) groups excluding carboxylic acids is 1. The number of carbonyl (C=O) groups is 2. The van der Waals surface area contributed by atoms with Crippen LogP contribution < -0.4 is 5.73 Å². The highest BCUT2D eigenvalue weighted by molar-refractivity contribution is 5.69. The van der Waals surface area contributed by atoms with Crippen molar-refractivity contribution in [3.63, 3.8) is 0 Å². The lowest BCUT2D eigenvalue weighted by atomic mass is 10.1. The van der Waals surface area contributed by atoms with E-state index in [1.54, 1.807) is 0 Å². The number of rotatable bonds is 28. The molecule has 0 aromatic carbocycles. The van der Waals surface area contributed by atoms with Gasteiger partial charge in [-0.2, -0.15) is 0 Å². The van der Waals surface area contributed by atoms with Crippen LogP contribution in [0, 0.1) is 0 Å². The van der Waals surface area contributed by atoms with Crippen LogP contribution in [0.5, 0.6) is 0 Å². The summed E-state index contributed by atoms with van der Waals surface area (Å²) in [6.45, 7) is 6.99. The second-order valence-electron chi connectivity index (χ2n) is 10.1. The van der Waals surface area contributed by atoms with E-state index in [0.717, 1.165) is 77.5 Å². The van der Waals surface area contributed by atoms with Crippen molar-refractivity contribution in [3.05, 3.63) is 0 Å². The Hall–Kier alpha value is -1.14. The number of hydrogen-bond acceptors (Lipinski definition) is 5. The maximum atomic E-state index is 11.9. The van der Waals surface area contributed by atoms with Crippen LogP contribution in [-0.4, -0.2) is 54.7 Å². The van der Waals surface area contributed by atoms with Gasteiger partial charge >= 0.3 is 11.9 Å². The molecule has 208 valence electrons. The summed E-state index contributed by atoms with van der Waals surface area (Å²) in [5.74, 6) is -0.708. The van der Waals surface area contributed by atoms with Crippen LogP contribution in [0.2, 0.25) is 0 Å². The van der Waals surface area contributed by atoms with E-state index in [1.165, 1.54) is 70.6 Å². The predicted molar refractivity (Wildman–Crippen MR) is 147 cm³/mol. The van der Waals surface area contributed by atoms with Gasteiger partial charge in [0.05, 0.1) is 6.61 Å². The zero-order valence-corrected chi connectivity index (χ0v) is 23.1. The summed E-state index contributed by atoms with van der Waals surface area (Å²) < 4.78 is 5.37. The lowest BCUT2D eigenvalue weighted by Crippen LogP contribution is -2.27. The molecule has 0 saturated carbocycles. The van der Waals surface area contributed by atoms with E-state index < -0.39 is 5.97 Å². The Morgan fingerprint density at radius 3 is 1.63 bits per heavy atom. The summed E-state index contributed by atoms with van der Waals surface area (Å²) in [6, 6.07) is 0. The molecule has 6 nitrogen and oxygen atoms in total. The molecule has 0 rings (SSSR count). The van der Waals surface area contributed by atoms with Gasteiger partial charge in [-0.1, -0.05) is 84.0 Å². The second kappa shape index (κ2) is 27.4. The molecule has 0 aliphatic carbocycles.